The first-order chi connectivity index (χ1) is 14.5. The maximum atomic E-state index is 11.2. The SMILES string of the molecule is Cc1c(Nc2nc3ccccc3s2)nnc2c1C[C@@H](O)CN2c1nc(C(=O)O)cs1. The number of carboxylic acid groups (broad SMARTS) is 1. The number of β-amino-alcohol motifs (C(OH)–C–C–N with tert-alkyl or cyclic N) is 1. The molecule has 0 bridgehead atoms. The number of rotatable bonds is 4. The highest BCUT2D eigenvalue weighted by Gasteiger charge is 2.30. The van der Waals surface area contributed by atoms with E-state index < -0.39 is 12.1 Å². The Hall–Kier alpha value is -3.15. The number of benzene rings is 1. The van der Waals surface area contributed by atoms with Crippen molar-refractivity contribution >= 4 is 60.8 Å². The topological polar surface area (TPSA) is 124 Å². The van der Waals surface area contributed by atoms with E-state index in [2.05, 4.69) is 25.5 Å². The molecule has 5 rings (SSSR count). The van der Waals surface area contributed by atoms with E-state index >= 15 is 0 Å². The molecule has 9 nitrogen and oxygen atoms in total. The van der Waals surface area contributed by atoms with Gasteiger partial charge in [-0.3, -0.25) is 4.90 Å². The Morgan fingerprint density at radius 1 is 1.27 bits per heavy atom. The summed E-state index contributed by atoms with van der Waals surface area (Å²) in [6.45, 7) is 2.20. The minimum absolute atomic E-state index is 0.0320. The van der Waals surface area contributed by atoms with Crippen LogP contribution < -0.4 is 10.2 Å². The van der Waals surface area contributed by atoms with E-state index in [-0.39, 0.29) is 12.2 Å². The molecule has 0 saturated heterocycles. The Labute approximate surface area is 178 Å². The summed E-state index contributed by atoms with van der Waals surface area (Å²) < 4.78 is 1.07. The van der Waals surface area contributed by atoms with Crippen LogP contribution in [0.15, 0.2) is 29.6 Å². The molecule has 3 aromatic heterocycles. The van der Waals surface area contributed by atoms with Crippen molar-refractivity contribution in [1.82, 2.24) is 20.2 Å². The van der Waals surface area contributed by atoms with Gasteiger partial charge in [0.15, 0.2) is 27.6 Å². The first-order valence-electron chi connectivity index (χ1n) is 9.13. The van der Waals surface area contributed by atoms with Crippen molar-refractivity contribution in [2.45, 2.75) is 19.4 Å². The highest BCUT2D eigenvalue weighted by Crippen LogP contribution is 2.37. The third kappa shape index (κ3) is 3.26. The van der Waals surface area contributed by atoms with E-state index in [1.54, 1.807) is 4.90 Å². The standard InChI is InChI=1S/C19H16N6O3S2/c1-9-11-6-10(26)7-25(19-21-13(8-29-19)17(27)28)16(11)24-23-15(9)22-18-20-12-4-2-3-5-14(12)30-18/h2-5,8,10,26H,6-7H2,1H3,(H,27,28)(H,20,22,23)/t10-/m1/s1. The molecule has 11 heteroatoms. The van der Waals surface area contributed by atoms with Crippen LogP contribution in [-0.2, 0) is 6.42 Å². The van der Waals surface area contributed by atoms with Gasteiger partial charge in [-0.15, -0.1) is 21.5 Å². The summed E-state index contributed by atoms with van der Waals surface area (Å²) in [5, 5.41) is 34.2. The Morgan fingerprint density at radius 2 is 2.10 bits per heavy atom. The van der Waals surface area contributed by atoms with Crippen LogP contribution in [0.2, 0.25) is 0 Å². The van der Waals surface area contributed by atoms with Crippen LogP contribution in [0, 0.1) is 6.92 Å². The second-order valence-electron chi connectivity index (χ2n) is 6.88. The average Bonchev–Trinajstić information content (AvgIpc) is 3.37. The Balaban J connectivity index is 1.51. The zero-order valence-corrected chi connectivity index (χ0v) is 17.4. The Bertz CT molecular complexity index is 1240. The van der Waals surface area contributed by atoms with Gasteiger partial charge in [-0.25, -0.2) is 14.8 Å². The number of hydrogen-bond acceptors (Lipinski definition) is 10. The predicted octanol–water partition coefficient (Wildman–Crippen LogP) is 3.35. The van der Waals surface area contributed by atoms with E-state index in [0.29, 0.717) is 28.3 Å². The smallest absolute Gasteiger partial charge is 0.355 e. The molecule has 3 N–H and O–H groups in total. The van der Waals surface area contributed by atoms with Gasteiger partial charge in [0.2, 0.25) is 0 Å². The number of aromatic carboxylic acids is 1. The van der Waals surface area contributed by atoms with Gasteiger partial charge in [0.25, 0.3) is 0 Å². The molecule has 4 aromatic rings. The van der Waals surface area contributed by atoms with Crippen LogP contribution >= 0.6 is 22.7 Å². The second-order valence-corrected chi connectivity index (χ2v) is 8.74. The molecule has 0 unspecified atom stereocenters. The minimum atomic E-state index is -1.09. The van der Waals surface area contributed by atoms with Crippen LogP contribution in [0.1, 0.15) is 21.6 Å². The number of carbonyl (C=O) groups is 1. The lowest BCUT2D eigenvalue weighted by Crippen LogP contribution is -2.37. The number of anilines is 4. The number of nitrogens with one attached hydrogen (secondary N) is 1. The molecule has 1 atom stereocenters. The third-order valence-electron chi connectivity index (χ3n) is 4.87. The first-order valence-corrected chi connectivity index (χ1v) is 10.8. The van der Waals surface area contributed by atoms with Crippen LogP contribution in [0.4, 0.5) is 21.9 Å². The summed E-state index contributed by atoms with van der Waals surface area (Å²) in [4.78, 5) is 21.6. The zero-order valence-electron chi connectivity index (χ0n) is 15.7. The lowest BCUT2D eigenvalue weighted by Gasteiger charge is -2.31. The summed E-state index contributed by atoms with van der Waals surface area (Å²) in [5.74, 6) is 0.0686. The van der Waals surface area contributed by atoms with Gasteiger partial charge in [-0.1, -0.05) is 23.5 Å². The number of fused-ring (bicyclic) bond motifs is 2. The van der Waals surface area contributed by atoms with Gasteiger partial charge >= 0.3 is 5.97 Å². The highest BCUT2D eigenvalue weighted by atomic mass is 32.1. The fourth-order valence-corrected chi connectivity index (χ4v) is 5.08. The van der Waals surface area contributed by atoms with E-state index in [1.807, 2.05) is 31.2 Å². The quantitative estimate of drug-likeness (QED) is 0.438. The Morgan fingerprint density at radius 3 is 2.87 bits per heavy atom. The number of nitrogens with zero attached hydrogens (tertiary/aromatic N) is 5. The molecule has 4 heterocycles. The molecule has 0 spiro atoms. The van der Waals surface area contributed by atoms with Crippen molar-refractivity contribution in [2.24, 2.45) is 0 Å². The van der Waals surface area contributed by atoms with Crippen molar-refractivity contribution in [2.75, 3.05) is 16.8 Å². The summed E-state index contributed by atoms with van der Waals surface area (Å²) >= 11 is 2.72. The zero-order chi connectivity index (χ0) is 20.8. The van der Waals surface area contributed by atoms with E-state index in [9.17, 15) is 9.90 Å². The minimum Gasteiger partial charge on any atom is -0.476 e. The maximum Gasteiger partial charge on any atom is 0.355 e. The maximum absolute atomic E-state index is 11.2. The van der Waals surface area contributed by atoms with Crippen molar-refractivity contribution in [3.8, 4) is 0 Å². The third-order valence-corrected chi connectivity index (χ3v) is 6.69. The van der Waals surface area contributed by atoms with Crippen molar-refractivity contribution in [3.63, 3.8) is 0 Å². The molecule has 0 amide bonds. The number of thiazole rings is 2. The molecule has 0 radical (unpaired) electrons. The predicted molar refractivity (Wildman–Crippen MR) is 115 cm³/mol. The number of carboxylic acids is 1. The fraction of sp³-hybridized carbons (Fsp3) is 0.211. The summed E-state index contributed by atoms with van der Waals surface area (Å²) in [6, 6.07) is 7.88. The van der Waals surface area contributed by atoms with E-state index in [1.165, 1.54) is 28.1 Å². The molecule has 152 valence electrons. The summed E-state index contributed by atoms with van der Waals surface area (Å²) in [5.41, 5.74) is 2.58. The highest BCUT2D eigenvalue weighted by molar-refractivity contribution is 7.22. The van der Waals surface area contributed by atoms with Gasteiger partial charge in [-0.05, 0) is 19.1 Å². The molecule has 1 aliphatic rings. The van der Waals surface area contributed by atoms with Gasteiger partial charge in [0.05, 0.1) is 22.9 Å². The number of aromatic nitrogens is 4. The molecular weight excluding hydrogens is 424 g/mol. The summed E-state index contributed by atoms with van der Waals surface area (Å²) in [6.07, 6.45) is -0.202. The molecule has 30 heavy (non-hydrogen) atoms. The lowest BCUT2D eigenvalue weighted by atomic mass is 9.99. The van der Waals surface area contributed by atoms with Gasteiger partial charge in [0, 0.05) is 22.9 Å². The van der Waals surface area contributed by atoms with Crippen LogP contribution in [0.3, 0.4) is 0 Å². The number of para-hydroxylation sites is 1. The monoisotopic (exact) mass is 440 g/mol. The average molecular weight is 441 g/mol. The van der Waals surface area contributed by atoms with E-state index in [0.717, 1.165) is 21.3 Å². The molecule has 0 fully saturated rings. The van der Waals surface area contributed by atoms with Crippen LogP contribution in [0.5, 0.6) is 0 Å². The van der Waals surface area contributed by atoms with Crippen LogP contribution in [-0.4, -0.2) is 49.0 Å². The molecule has 0 aliphatic carbocycles. The largest absolute Gasteiger partial charge is 0.476 e. The lowest BCUT2D eigenvalue weighted by molar-refractivity contribution is 0.0691. The number of aliphatic hydroxyl groups is 1. The van der Waals surface area contributed by atoms with E-state index in [4.69, 9.17) is 5.11 Å². The van der Waals surface area contributed by atoms with Gasteiger partial charge in [-0.2, -0.15) is 0 Å². The molecule has 1 aliphatic heterocycles. The number of hydrogen-bond donors (Lipinski definition) is 3. The van der Waals surface area contributed by atoms with Crippen molar-refractivity contribution < 1.29 is 15.0 Å². The molecular formula is C19H16N6O3S2. The summed E-state index contributed by atoms with van der Waals surface area (Å²) in [7, 11) is 0. The molecule has 0 saturated carbocycles. The van der Waals surface area contributed by atoms with Crippen LogP contribution in [0.25, 0.3) is 10.2 Å². The van der Waals surface area contributed by atoms with Crippen molar-refractivity contribution in [3.05, 3.63) is 46.5 Å². The molecule has 1 aromatic carbocycles. The first kappa shape index (κ1) is 18.9. The van der Waals surface area contributed by atoms with Crippen molar-refractivity contribution in [1.29, 1.82) is 0 Å². The normalized spacial score (nSPS) is 15.9. The van der Waals surface area contributed by atoms with Gasteiger partial charge < -0.3 is 15.5 Å². The fourth-order valence-electron chi connectivity index (χ4n) is 3.40. The number of aliphatic hydroxyl groups excluding tert-OH is 1. The Kier molecular flexibility index (Phi) is 4.57. The van der Waals surface area contributed by atoms with Gasteiger partial charge in [0.1, 0.15) is 0 Å². The second kappa shape index (κ2) is 7.27.